The van der Waals surface area contributed by atoms with E-state index in [-0.39, 0.29) is 23.8 Å². The van der Waals surface area contributed by atoms with E-state index < -0.39 is 22.2 Å². The van der Waals surface area contributed by atoms with Crippen molar-refractivity contribution < 1.29 is 36.2 Å². The second kappa shape index (κ2) is 8.89. The summed E-state index contributed by atoms with van der Waals surface area (Å²) in [4.78, 5) is 19.0. The number of aliphatic carboxylic acids is 1. The number of nitriles is 1. The SMILES string of the molecule is CS(=O)(=O)NC[C@H]1CO[C@@H]2CN(c3cnc(C#N)nc3)C[C@H]12.O=C(O)C(F)(F)F. The van der Waals surface area contributed by atoms with Crippen molar-refractivity contribution in [1.82, 2.24) is 14.7 Å². The highest BCUT2D eigenvalue weighted by Gasteiger charge is 2.44. The number of hydrogen-bond donors (Lipinski definition) is 2. The number of ether oxygens (including phenoxy) is 1. The van der Waals surface area contributed by atoms with Crippen molar-refractivity contribution in [2.24, 2.45) is 11.8 Å². The number of anilines is 1. The summed E-state index contributed by atoms with van der Waals surface area (Å²) >= 11 is 0. The lowest BCUT2D eigenvalue weighted by Gasteiger charge is -2.20. The topological polar surface area (TPSA) is 146 Å². The van der Waals surface area contributed by atoms with Crippen LogP contribution in [0.3, 0.4) is 0 Å². The van der Waals surface area contributed by atoms with Crippen LogP contribution in [0.1, 0.15) is 5.82 Å². The molecule has 2 saturated heterocycles. The van der Waals surface area contributed by atoms with Gasteiger partial charge in [-0.25, -0.2) is 27.9 Å². The summed E-state index contributed by atoms with van der Waals surface area (Å²) < 4.78 is 62.5. The Hall–Kier alpha value is -2.50. The molecule has 0 spiro atoms. The quantitative estimate of drug-likeness (QED) is 0.664. The highest BCUT2D eigenvalue weighted by atomic mass is 32.2. The summed E-state index contributed by atoms with van der Waals surface area (Å²) in [6, 6.07) is 1.89. The summed E-state index contributed by atoms with van der Waals surface area (Å²) in [5.74, 6) is -2.16. The number of alkyl halides is 3. The molecule has 1 aromatic heterocycles. The molecule has 3 rings (SSSR count). The van der Waals surface area contributed by atoms with Crippen molar-refractivity contribution in [2.75, 3.05) is 37.4 Å². The Morgan fingerprint density at radius 2 is 2.00 bits per heavy atom. The van der Waals surface area contributed by atoms with E-state index in [1.807, 2.05) is 6.07 Å². The van der Waals surface area contributed by atoms with Crippen LogP contribution in [0.5, 0.6) is 0 Å². The third-order valence-corrected chi connectivity index (χ3v) is 5.08. The van der Waals surface area contributed by atoms with Gasteiger partial charge in [0.25, 0.3) is 0 Å². The number of nitrogens with one attached hydrogen (secondary N) is 1. The average molecular weight is 437 g/mol. The second-order valence-corrected chi connectivity index (χ2v) is 8.33. The number of nitrogens with zero attached hydrogens (tertiary/aromatic N) is 4. The molecule has 2 fully saturated rings. The highest BCUT2D eigenvalue weighted by molar-refractivity contribution is 7.88. The molecule has 0 amide bonds. The van der Waals surface area contributed by atoms with Crippen molar-refractivity contribution in [3.8, 4) is 6.07 Å². The van der Waals surface area contributed by atoms with E-state index in [9.17, 15) is 21.6 Å². The van der Waals surface area contributed by atoms with Gasteiger partial charge in [0, 0.05) is 31.5 Å². The monoisotopic (exact) mass is 437 g/mol. The molecule has 3 atom stereocenters. The molecule has 0 bridgehead atoms. The minimum absolute atomic E-state index is 0.0991. The molecular weight excluding hydrogens is 419 g/mol. The summed E-state index contributed by atoms with van der Waals surface area (Å²) in [5, 5.41) is 15.8. The Morgan fingerprint density at radius 1 is 1.41 bits per heavy atom. The van der Waals surface area contributed by atoms with E-state index in [4.69, 9.17) is 19.9 Å². The van der Waals surface area contributed by atoms with Gasteiger partial charge in [0.15, 0.2) is 0 Å². The summed E-state index contributed by atoms with van der Waals surface area (Å²) in [6.45, 7) is 2.48. The highest BCUT2D eigenvalue weighted by Crippen LogP contribution is 2.35. The van der Waals surface area contributed by atoms with Crippen LogP contribution in [0.25, 0.3) is 0 Å². The standard InChI is InChI=1S/C13H17N5O3S.C2HF3O2/c1-22(19,20)17-3-9-8-21-12-7-18(6-11(9)12)10-4-15-13(2-14)16-5-10;3-2(4,5)1(6)7/h4-5,9,11-12,17H,3,6-8H2,1H3;(H,6,7)/t9-,11+,12+;/m0./s1. The predicted molar refractivity (Wildman–Crippen MR) is 92.2 cm³/mol. The molecule has 29 heavy (non-hydrogen) atoms. The maximum Gasteiger partial charge on any atom is 0.490 e. The van der Waals surface area contributed by atoms with Gasteiger partial charge >= 0.3 is 12.1 Å². The van der Waals surface area contributed by atoms with Crippen LogP contribution in [-0.4, -0.2) is 74.2 Å². The van der Waals surface area contributed by atoms with E-state index in [2.05, 4.69) is 19.6 Å². The van der Waals surface area contributed by atoms with Gasteiger partial charge in [-0.05, 0) is 0 Å². The van der Waals surface area contributed by atoms with E-state index in [1.165, 1.54) is 0 Å². The fourth-order valence-electron chi connectivity index (χ4n) is 3.02. The van der Waals surface area contributed by atoms with Crippen molar-refractivity contribution in [3.05, 3.63) is 18.2 Å². The summed E-state index contributed by atoms with van der Waals surface area (Å²) in [5.41, 5.74) is 0.854. The molecule has 160 valence electrons. The molecule has 14 heteroatoms. The van der Waals surface area contributed by atoms with E-state index in [0.717, 1.165) is 25.0 Å². The molecule has 0 unspecified atom stereocenters. The van der Waals surface area contributed by atoms with Crippen LogP contribution in [0.15, 0.2) is 12.4 Å². The molecule has 10 nitrogen and oxygen atoms in total. The number of carboxylic acids is 1. The first-order valence-corrected chi connectivity index (χ1v) is 10.1. The minimum Gasteiger partial charge on any atom is -0.475 e. The molecule has 0 aliphatic carbocycles. The smallest absolute Gasteiger partial charge is 0.475 e. The maximum atomic E-state index is 11.2. The lowest BCUT2D eigenvalue weighted by atomic mass is 9.93. The van der Waals surface area contributed by atoms with Gasteiger partial charge < -0.3 is 14.7 Å². The number of sulfonamides is 1. The van der Waals surface area contributed by atoms with Gasteiger partial charge in [-0.2, -0.15) is 18.4 Å². The molecule has 2 aliphatic heterocycles. The fourth-order valence-corrected chi connectivity index (χ4v) is 3.54. The average Bonchev–Trinajstić information content (AvgIpc) is 3.20. The molecule has 2 aliphatic rings. The molecule has 1 aromatic rings. The molecule has 0 radical (unpaired) electrons. The number of fused-ring (bicyclic) bond motifs is 1. The first-order valence-electron chi connectivity index (χ1n) is 8.24. The third kappa shape index (κ3) is 6.51. The zero-order valence-electron chi connectivity index (χ0n) is 15.1. The van der Waals surface area contributed by atoms with Crippen molar-refractivity contribution in [3.63, 3.8) is 0 Å². The molecular formula is C15H18F3N5O5S. The zero-order chi connectivity index (χ0) is 21.8. The van der Waals surface area contributed by atoms with E-state index in [1.54, 1.807) is 12.4 Å². The van der Waals surface area contributed by atoms with Crippen molar-refractivity contribution in [2.45, 2.75) is 12.3 Å². The molecule has 3 heterocycles. The Morgan fingerprint density at radius 3 is 2.48 bits per heavy atom. The predicted octanol–water partition coefficient (Wildman–Crippen LogP) is -0.0180. The number of carboxylic acid groups (broad SMARTS) is 1. The molecule has 2 N–H and O–H groups in total. The number of hydrogen-bond acceptors (Lipinski definition) is 8. The number of rotatable bonds is 4. The lowest BCUT2D eigenvalue weighted by molar-refractivity contribution is -0.192. The number of aromatic nitrogens is 2. The van der Waals surface area contributed by atoms with Crippen LogP contribution >= 0.6 is 0 Å². The Labute approximate surface area is 164 Å². The van der Waals surface area contributed by atoms with Gasteiger partial charge in [0.2, 0.25) is 15.8 Å². The minimum atomic E-state index is -5.08. The third-order valence-electron chi connectivity index (χ3n) is 4.39. The Bertz CT molecular complexity index is 872. The Kier molecular flexibility index (Phi) is 6.98. The van der Waals surface area contributed by atoms with Gasteiger partial charge in [-0.3, -0.25) is 0 Å². The van der Waals surface area contributed by atoms with Crippen LogP contribution < -0.4 is 9.62 Å². The molecule has 0 aromatic carbocycles. The fraction of sp³-hybridized carbons (Fsp3) is 0.600. The first-order chi connectivity index (χ1) is 13.4. The largest absolute Gasteiger partial charge is 0.490 e. The zero-order valence-corrected chi connectivity index (χ0v) is 15.9. The van der Waals surface area contributed by atoms with Gasteiger partial charge in [-0.15, -0.1) is 0 Å². The van der Waals surface area contributed by atoms with Crippen LogP contribution in [0, 0.1) is 23.2 Å². The number of carbonyl (C=O) groups is 1. The molecule has 0 saturated carbocycles. The Balaban J connectivity index is 0.000000370. The maximum absolute atomic E-state index is 11.2. The first kappa shape index (κ1) is 22.8. The summed E-state index contributed by atoms with van der Waals surface area (Å²) in [6.07, 6.45) is -0.552. The summed E-state index contributed by atoms with van der Waals surface area (Å²) in [7, 11) is -3.18. The van der Waals surface area contributed by atoms with Crippen LogP contribution in [-0.2, 0) is 19.6 Å². The van der Waals surface area contributed by atoms with E-state index >= 15 is 0 Å². The van der Waals surface area contributed by atoms with Gasteiger partial charge in [0.1, 0.15) is 6.07 Å². The normalized spacial score (nSPS) is 23.7. The van der Waals surface area contributed by atoms with Crippen LogP contribution in [0.4, 0.5) is 18.9 Å². The second-order valence-electron chi connectivity index (χ2n) is 6.50. The van der Waals surface area contributed by atoms with Crippen molar-refractivity contribution >= 4 is 21.7 Å². The van der Waals surface area contributed by atoms with Crippen molar-refractivity contribution in [1.29, 1.82) is 5.26 Å². The lowest BCUT2D eigenvalue weighted by Crippen LogP contribution is -2.33. The van der Waals surface area contributed by atoms with Crippen LogP contribution in [0.2, 0.25) is 0 Å². The van der Waals surface area contributed by atoms with Gasteiger partial charge in [-0.1, -0.05) is 0 Å². The van der Waals surface area contributed by atoms with Gasteiger partial charge in [0.05, 0.1) is 37.0 Å². The number of halogens is 3. The van der Waals surface area contributed by atoms with E-state index in [0.29, 0.717) is 13.2 Å².